The fourth-order valence-electron chi connectivity index (χ4n) is 6.46. The van der Waals surface area contributed by atoms with Gasteiger partial charge in [-0.05, 0) is 0 Å². The van der Waals surface area contributed by atoms with E-state index in [0.29, 0.717) is 0 Å². The topological polar surface area (TPSA) is 6.48 Å². The summed E-state index contributed by atoms with van der Waals surface area (Å²) in [6, 6.07) is 0. The predicted octanol–water partition coefficient (Wildman–Crippen LogP) is 8.81. The first-order valence-electron chi connectivity index (χ1n) is 13.3. The van der Waals surface area contributed by atoms with E-state index in [2.05, 4.69) is 129 Å². The molecule has 0 spiro atoms. The number of hydrogen-bond donors (Lipinski definition) is 0. The number of nitrogens with zero attached hydrogens (tertiary/aromatic N) is 2. The molecule has 0 amide bonds. The molecule has 0 radical (unpaired) electrons. The minimum absolute atomic E-state index is 0. The summed E-state index contributed by atoms with van der Waals surface area (Å²) in [5, 5.41) is 0. The minimum Gasteiger partial charge on any atom is -0.147 e. The third-order valence-electron chi connectivity index (χ3n) is 9.07. The van der Waals surface area contributed by atoms with Crippen molar-refractivity contribution >= 4 is 31.1 Å². The average molecular weight is 656 g/mol. The predicted molar refractivity (Wildman–Crippen MR) is 175 cm³/mol. The van der Waals surface area contributed by atoms with Crippen LogP contribution in [0.1, 0.15) is 69.2 Å². The second-order valence-electron chi connectivity index (χ2n) is 11.6. The molecule has 0 aliphatic heterocycles. The van der Waals surface area contributed by atoms with Crippen molar-refractivity contribution in [2.45, 2.75) is 69.2 Å². The molecule has 0 aromatic carbocycles. The molecule has 0 bridgehead atoms. The zero-order valence-electron chi connectivity index (χ0n) is 25.8. The first-order chi connectivity index (χ1) is 16.7. The molecule has 0 saturated carbocycles. The number of halogens is 2. The van der Waals surface area contributed by atoms with Gasteiger partial charge < -0.3 is 0 Å². The van der Waals surface area contributed by atoms with Crippen LogP contribution in [-0.4, -0.2) is 41.6 Å². The van der Waals surface area contributed by atoms with Gasteiger partial charge in [-0.3, -0.25) is 0 Å². The van der Waals surface area contributed by atoms with Gasteiger partial charge in [-0.2, -0.15) is 0 Å². The zero-order valence-corrected chi connectivity index (χ0v) is 31.0. The van der Waals surface area contributed by atoms with Crippen LogP contribution in [0, 0.1) is 10.8 Å². The molecular formula is C32H53Cl2N2SiZr. The van der Waals surface area contributed by atoms with Gasteiger partial charge in [0.2, 0.25) is 0 Å². The quantitative estimate of drug-likeness (QED) is 0.145. The molecule has 0 atom stereocenters. The second kappa shape index (κ2) is 14.9. The Labute approximate surface area is 256 Å². The summed E-state index contributed by atoms with van der Waals surface area (Å²) in [5.74, 6) is 0. The Kier molecular flexibility index (Phi) is 14.8. The van der Waals surface area contributed by atoms with Gasteiger partial charge in [-0.25, -0.2) is 0 Å². The fraction of sp³-hybridized carbons (Fsp3) is 0.500. The number of hydrogen-bond acceptors (Lipinski definition) is 2. The van der Waals surface area contributed by atoms with E-state index in [0.717, 1.165) is 26.2 Å². The maximum Gasteiger partial charge on any atom is -0.147 e. The molecule has 0 saturated heterocycles. The van der Waals surface area contributed by atoms with Crippen molar-refractivity contribution in [2.75, 3.05) is 26.2 Å². The molecule has 2 rings (SSSR count). The van der Waals surface area contributed by atoms with Crippen molar-refractivity contribution in [1.29, 1.82) is 0 Å². The molecular weight excluding hydrogens is 603 g/mol. The zero-order chi connectivity index (χ0) is 27.6. The molecule has 0 N–H and O–H groups in total. The van der Waals surface area contributed by atoms with Crippen LogP contribution < -0.4 is 0 Å². The number of rotatable bonds is 13. The van der Waals surface area contributed by atoms with E-state index in [9.17, 15) is 0 Å². The van der Waals surface area contributed by atoms with E-state index >= 15 is 0 Å². The van der Waals surface area contributed by atoms with Crippen LogP contribution in [0.5, 0.6) is 0 Å². The summed E-state index contributed by atoms with van der Waals surface area (Å²) in [6.45, 7) is 44.5. The largest absolute Gasteiger partial charge is 0.147 e. The van der Waals surface area contributed by atoms with Crippen molar-refractivity contribution in [3.8, 4) is 0 Å². The molecule has 213 valence electrons. The van der Waals surface area contributed by atoms with E-state index in [1.807, 2.05) is 0 Å². The SMILES string of the molecule is C=CCN(CC=C)[SiH](N(CC=C)CC=C)[Zr]([C]1=C(C)C(C)=C(C)C1(C)C)[C]1=C(C)C(C)=C(C)C1(C)C.Cl.Cl. The van der Waals surface area contributed by atoms with Crippen LogP contribution in [0.3, 0.4) is 0 Å². The van der Waals surface area contributed by atoms with Gasteiger partial charge in [-0.1, -0.05) is 0 Å². The van der Waals surface area contributed by atoms with Crippen molar-refractivity contribution in [3.63, 3.8) is 0 Å². The van der Waals surface area contributed by atoms with Crippen LogP contribution in [0.25, 0.3) is 0 Å². The van der Waals surface area contributed by atoms with Crippen LogP contribution in [0.15, 0.2) is 90.6 Å². The van der Waals surface area contributed by atoms with Crippen LogP contribution in [-0.2, 0) is 20.9 Å². The van der Waals surface area contributed by atoms with Crippen molar-refractivity contribution in [1.82, 2.24) is 9.13 Å². The minimum atomic E-state index is -2.60. The van der Waals surface area contributed by atoms with Gasteiger partial charge in [0.25, 0.3) is 0 Å². The smallest absolute Gasteiger partial charge is 0.147 e. The van der Waals surface area contributed by atoms with E-state index in [-0.39, 0.29) is 35.6 Å². The summed E-state index contributed by atoms with van der Waals surface area (Å²) < 4.78 is 9.14. The molecule has 0 aromatic rings. The average Bonchev–Trinajstić information content (AvgIpc) is 3.05. The Morgan fingerprint density at radius 1 is 0.579 bits per heavy atom. The van der Waals surface area contributed by atoms with Crippen LogP contribution >= 0.6 is 24.8 Å². The van der Waals surface area contributed by atoms with Crippen LogP contribution in [0.2, 0.25) is 0 Å². The molecule has 2 aliphatic carbocycles. The summed E-state index contributed by atoms with van der Waals surface area (Å²) in [6.07, 6.45) is 6.68. The first kappa shape index (κ1) is 37.5. The second-order valence-corrected chi connectivity index (χ2v) is 25.5. The van der Waals surface area contributed by atoms with Crippen molar-refractivity contribution < 1.29 is 20.9 Å². The Balaban J connectivity index is 0.00000684. The molecule has 6 heteroatoms. The Bertz CT molecular complexity index is 959. The molecule has 0 heterocycles. The fourth-order valence-corrected chi connectivity index (χ4v) is 36.4. The van der Waals surface area contributed by atoms with Gasteiger partial charge >= 0.3 is 233 Å². The van der Waals surface area contributed by atoms with Crippen LogP contribution in [0.4, 0.5) is 0 Å². The monoisotopic (exact) mass is 653 g/mol. The third kappa shape index (κ3) is 6.69. The Morgan fingerprint density at radius 3 is 1.03 bits per heavy atom. The first-order valence-corrected chi connectivity index (χ1v) is 21.7. The van der Waals surface area contributed by atoms with E-state index < -0.39 is 27.2 Å². The normalized spacial score (nSPS) is 18.3. The summed E-state index contributed by atoms with van der Waals surface area (Å²) in [7, 11) is 0. The molecule has 38 heavy (non-hydrogen) atoms. The van der Waals surface area contributed by atoms with Gasteiger partial charge in [0, 0.05) is 0 Å². The Hall–Kier alpha value is -0.480. The van der Waals surface area contributed by atoms with Crippen molar-refractivity contribution in [2.24, 2.45) is 10.8 Å². The molecule has 0 unspecified atom stereocenters. The summed E-state index contributed by atoms with van der Waals surface area (Å²) >= 11 is -2.60. The van der Waals surface area contributed by atoms with E-state index in [1.54, 1.807) is 28.9 Å². The van der Waals surface area contributed by atoms with Gasteiger partial charge in [0.15, 0.2) is 0 Å². The van der Waals surface area contributed by atoms with Gasteiger partial charge in [0.1, 0.15) is 0 Å². The maximum absolute atomic E-state index is 4.17. The molecule has 0 fully saturated rings. The molecule has 2 nitrogen and oxygen atoms in total. The number of allylic oxidation sites excluding steroid dienone is 8. The van der Waals surface area contributed by atoms with Gasteiger partial charge in [0.05, 0.1) is 0 Å². The Morgan fingerprint density at radius 2 is 0.842 bits per heavy atom. The molecule has 0 aromatic heterocycles. The van der Waals surface area contributed by atoms with Gasteiger partial charge in [-0.15, -0.1) is 24.8 Å². The van der Waals surface area contributed by atoms with E-state index in [4.69, 9.17) is 0 Å². The molecule has 2 aliphatic rings. The third-order valence-corrected chi connectivity index (χ3v) is 32.0. The summed E-state index contributed by atoms with van der Waals surface area (Å²) in [5.41, 5.74) is 9.43. The standard InChI is InChI=1S/C12H21N2Si.2C10H15.2ClH.Zr/c1-5-9-13(10-6-2)15-14(11-7-3)12-8-4;2*1-7-6-10(4,5)9(3)8(7)2;;;/h5-8,15H,1-4,9-12H2;2*1-5H3;2*1H;. The maximum atomic E-state index is 4.17. The van der Waals surface area contributed by atoms with E-state index in [1.165, 1.54) is 11.1 Å². The summed E-state index contributed by atoms with van der Waals surface area (Å²) in [4.78, 5) is 0. The van der Waals surface area contributed by atoms with Crippen molar-refractivity contribution in [3.05, 3.63) is 90.6 Å².